The second-order valence-electron chi connectivity index (χ2n) is 3.68. The third-order valence-electron chi connectivity index (χ3n) is 2.48. The first-order valence-corrected chi connectivity index (χ1v) is 4.85. The SMILES string of the molecule is Fc1cncc(-c2nncn2C2CC2)c1. The molecule has 1 saturated carbocycles. The van der Waals surface area contributed by atoms with Crippen molar-refractivity contribution in [2.24, 2.45) is 0 Å². The Morgan fingerprint density at radius 2 is 2.20 bits per heavy atom. The van der Waals surface area contributed by atoms with Gasteiger partial charge < -0.3 is 4.57 Å². The second-order valence-corrected chi connectivity index (χ2v) is 3.68. The molecule has 0 aromatic carbocycles. The van der Waals surface area contributed by atoms with Crippen molar-refractivity contribution in [1.82, 2.24) is 19.7 Å². The average molecular weight is 204 g/mol. The molecule has 15 heavy (non-hydrogen) atoms. The number of pyridine rings is 1. The van der Waals surface area contributed by atoms with Crippen LogP contribution >= 0.6 is 0 Å². The van der Waals surface area contributed by atoms with Crippen LogP contribution in [0.4, 0.5) is 4.39 Å². The Morgan fingerprint density at radius 1 is 1.33 bits per heavy atom. The summed E-state index contributed by atoms with van der Waals surface area (Å²) in [5, 5.41) is 7.85. The van der Waals surface area contributed by atoms with Gasteiger partial charge in [0.05, 0.1) is 6.20 Å². The molecule has 1 aliphatic rings. The Bertz CT molecular complexity index is 490. The van der Waals surface area contributed by atoms with Crippen molar-refractivity contribution >= 4 is 0 Å². The highest BCUT2D eigenvalue weighted by Gasteiger charge is 2.26. The molecule has 0 radical (unpaired) electrons. The van der Waals surface area contributed by atoms with E-state index in [2.05, 4.69) is 15.2 Å². The monoisotopic (exact) mass is 204 g/mol. The zero-order valence-corrected chi connectivity index (χ0v) is 7.97. The fourth-order valence-corrected chi connectivity index (χ4v) is 1.60. The van der Waals surface area contributed by atoms with Crippen LogP contribution in [0.1, 0.15) is 18.9 Å². The largest absolute Gasteiger partial charge is 0.310 e. The lowest BCUT2D eigenvalue weighted by molar-refractivity contribution is 0.621. The van der Waals surface area contributed by atoms with Crippen LogP contribution in [-0.2, 0) is 0 Å². The van der Waals surface area contributed by atoms with E-state index in [1.165, 1.54) is 12.3 Å². The molecule has 2 aromatic rings. The summed E-state index contributed by atoms with van der Waals surface area (Å²) in [6.07, 6.45) is 6.77. The molecule has 1 aliphatic carbocycles. The van der Waals surface area contributed by atoms with Crippen molar-refractivity contribution in [2.45, 2.75) is 18.9 Å². The molecule has 2 aromatic heterocycles. The molecule has 0 amide bonds. The number of halogens is 1. The minimum Gasteiger partial charge on any atom is -0.310 e. The van der Waals surface area contributed by atoms with Gasteiger partial charge in [0.15, 0.2) is 5.82 Å². The van der Waals surface area contributed by atoms with Crippen LogP contribution < -0.4 is 0 Å². The number of hydrogen-bond acceptors (Lipinski definition) is 3. The number of nitrogens with zero attached hydrogens (tertiary/aromatic N) is 4. The first kappa shape index (κ1) is 8.52. The Labute approximate surface area is 85.8 Å². The van der Waals surface area contributed by atoms with Crippen LogP contribution in [0.3, 0.4) is 0 Å². The van der Waals surface area contributed by atoms with Gasteiger partial charge in [0.2, 0.25) is 0 Å². The van der Waals surface area contributed by atoms with Crippen molar-refractivity contribution in [3.05, 3.63) is 30.6 Å². The van der Waals surface area contributed by atoms with Crippen molar-refractivity contribution in [3.8, 4) is 11.4 Å². The van der Waals surface area contributed by atoms with E-state index < -0.39 is 0 Å². The van der Waals surface area contributed by atoms with E-state index in [9.17, 15) is 4.39 Å². The van der Waals surface area contributed by atoms with E-state index in [4.69, 9.17) is 0 Å². The van der Waals surface area contributed by atoms with Crippen LogP contribution in [-0.4, -0.2) is 19.7 Å². The molecule has 0 bridgehead atoms. The van der Waals surface area contributed by atoms with E-state index >= 15 is 0 Å². The lowest BCUT2D eigenvalue weighted by Crippen LogP contribution is -1.96. The Hall–Kier alpha value is -1.78. The average Bonchev–Trinajstić information content (AvgIpc) is 2.96. The van der Waals surface area contributed by atoms with Crippen molar-refractivity contribution in [2.75, 3.05) is 0 Å². The maximum atomic E-state index is 13.0. The van der Waals surface area contributed by atoms with E-state index in [1.807, 2.05) is 4.57 Å². The maximum absolute atomic E-state index is 13.0. The number of hydrogen-bond donors (Lipinski definition) is 0. The van der Waals surface area contributed by atoms with Gasteiger partial charge in [-0.2, -0.15) is 0 Å². The van der Waals surface area contributed by atoms with Crippen LogP contribution in [0.15, 0.2) is 24.8 Å². The summed E-state index contributed by atoms with van der Waals surface area (Å²) >= 11 is 0. The van der Waals surface area contributed by atoms with E-state index in [1.54, 1.807) is 12.5 Å². The summed E-state index contributed by atoms with van der Waals surface area (Å²) in [7, 11) is 0. The first-order chi connectivity index (χ1) is 7.34. The molecule has 0 aliphatic heterocycles. The van der Waals surface area contributed by atoms with Crippen LogP contribution in [0.25, 0.3) is 11.4 Å². The molecular formula is C10H9FN4. The zero-order chi connectivity index (χ0) is 10.3. The molecular weight excluding hydrogens is 195 g/mol. The highest BCUT2D eigenvalue weighted by Crippen LogP contribution is 2.37. The normalized spacial score (nSPS) is 15.5. The van der Waals surface area contributed by atoms with Gasteiger partial charge in [-0.15, -0.1) is 10.2 Å². The summed E-state index contributed by atoms with van der Waals surface area (Å²) in [5.74, 6) is 0.349. The predicted octanol–water partition coefficient (Wildman–Crippen LogP) is 1.81. The number of rotatable bonds is 2. The first-order valence-electron chi connectivity index (χ1n) is 4.85. The zero-order valence-electron chi connectivity index (χ0n) is 7.97. The fraction of sp³-hybridized carbons (Fsp3) is 0.300. The molecule has 5 heteroatoms. The quantitative estimate of drug-likeness (QED) is 0.749. The fourth-order valence-electron chi connectivity index (χ4n) is 1.60. The highest BCUT2D eigenvalue weighted by molar-refractivity contribution is 5.53. The van der Waals surface area contributed by atoms with Gasteiger partial charge in [-0.05, 0) is 18.9 Å². The molecule has 4 nitrogen and oxygen atoms in total. The van der Waals surface area contributed by atoms with E-state index in [0.29, 0.717) is 17.4 Å². The summed E-state index contributed by atoms with van der Waals surface area (Å²) in [5.41, 5.74) is 0.680. The van der Waals surface area contributed by atoms with Gasteiger partial charge >= 0.3 is 0 Å². The third kappa shape index (κ3) is 1.49. The summed E-state index contributed by atoms with van der Waals surface area (Å²) in [6.45, 7) is 0. The summed E-state index contributed by atoms with van der Waals surface area (Å²) < 4.78 is 15.0. The van der Waals surface area contributed by atoms with Crippen LogP contribution in [0, 0.1) is 5.82 Å². The summed E-state index contributed by atoms with van der Waals surface area (Å²) in [4.78, 5) is 3.80. The topological polar surface area (TPSA) is 43.6 Å². The molecule has 0 spiro atoms. The molecule has 0 unspecified atom stereocenters. The smallest absolute Gasteiger partial charge is 0.165 e. The van der Waals surface area contributed by atoms with Crippen molar-refractivity contribution in [3.63, 3.8) is 0 Å². The van der Waals surface area contributed by atoms with Crippen molar-refractivity contribution in [1.29, 1.82) is 0 Å². The Morgan fingerprint density at radius 3 is 2.93 bits per heavy atom. The lowest BCUT2D eigenvalue weighted by atomic mass is 10.2. The summed E-state index contributed by atoms with van der Waals surface area (Å²) in [6, 6.07) is 1.91. The number of aromatic nitrogens is 4. The van der Waals surface area contributed by atoms with Crippen molar-refractivity contribution < 1.29 is 4.39 Å². The van der Waals surface area contributed by atoms with E-state index in [-0.39, 0.29) is 5.82 Å². The van der Waals surface area contributed by atoms with Gasteiger partial charge in [0, 0.05) is 17.8 Å². The van der Waals surface area contributed by atoms with Gasteiger partial charge in [-0.1, -0.05) is 0 Å². The molecule has 3 rings (SSSR count). The molecule has 1 fully saturated rings. The van der Waals surface area contributed by atoms with Crippen LogP contribution in [0.5, 0.6) is 0 Å². The highest BCUT2D eigenvalue weighted by atomic mass is 19.1. The molecule has 76 valence electrons. The Balaban J connectivity index is 2.07. The van der Waals surface area contributed by atoms with Gasteiger partial charge in [0.1, 0.15) is 12.1 Å². The lowest BCUT2D eigenvalue weighted by Gasteiger charge is -2.03. The molecule has 0 N–H and O–H groups in total. The molecule has 0 saturated heterocycles. The molecule has 0 atom stereocenters. The Kier molecular flexibility index (Phi) is 1.77. The van der Waals surface area contributed by atoms with Crippen LogP contribution in [0.2, 0.25) is 0 Å². The maximum Gasteiger partial charge on any atom is 0.165 e. The van der Waals surface area contributed by atoms with Gasteiger partial charge in [-0.25, -0.2) is 4.39 Å². The molecule has 2 heterocycles. The van der Waals surface area contributed by atoms with Gasteiger partial charge in [-0.3, -0.25) is 4.98 Å². The second kappa shape index (κ2) is 3.12. The standard InChI is InChI=1S/C10H9FN4/c11-8-3-7(4-12-5-8)10-14-13-6-15(10)9-1-2-9/h3-6,9H,1-2H2. The third-order valence-corrected chi connectivity index (χ3v) is 2.48. The van der Waals surface area contributed by atoms with E-state index in [0.717, 1.165) is 12.8 Å². The predicted molar refractivity (Wildman–Crippen MR) is 51.5 cm³/mol. The minimum absolute atomic E-state index is 0.349. The van der Waals surface area contributed by atoms with Gasteiger partial charge in [0.25, 0.3) is 0 Å². The minimum atomic E-state index is -0.349.